The Morgan fingerprint density at radius 2 is 2.18 bits per heavy atom. The molecule has 1 aromatic heterocycles. The summed E-state index contributed by atoms with van der Waals surface area (Å²) in [4.78, 5) is 0.522. The minimum absolute atomic E-state index is 0. The number of terminal acetylenes is 1. The number of nitrogens with one attached hydrogen (secondary N) is 1. The van der Waals surface area contributed by atoms with Crippen molar-refractivity contribution in [1.29, 1.82) is 5.41 Å². The average Bonchev–Trinajstić information content (AvgIpc) is 2.55. The van der Waals surface area contributed by atoms with Gasteiger partial charge in [-0.05, 0) is 23.6 Å². The van der Waals surface area contributed by atoms with Gasteiger partial charge in [0.15, 0.2) is 4.80 Å². The minimum atomic E-state index is 0. The van der Waals surface area contributed by atoms with Crippen molar-refractivity contribution in [1.82, 2.24) is 4.57 Å². The van der Waals surface area contributed by atoms with Gasteiger partial charge in [-0.1, -0.05) is 37.2 Å². The first-order valence-electron chi connectivity index (χ1n) is 5.25. The number of halogens is 1. The van der Waals surface area contributed by atoms with Gasteiger partial charge in [0.05, 0.1) is 16.8 Å². The Morgan fingerprint density at radius 3 is 2.76 bits per heavy atom. The van der Waals surface area contributed by atoms with Crippen LogP contribution in [0.25, 0.3) is 10.2 Å². The summed E-state index contributed by atoms with van der Waals surface area (Å²) in [6.45, 7) is 4.82. The first-order chi connectivity index (χ1) is 7.63. The molecule has 90 valence electrons. The van der Waals surface area contributed by atoms with Crippen molar-refractivity contribution in [2.24, 2.45) is 0 Å². The highest BCUT2D eigenvalue weighted by atomic mass is 79.9. The van der Waals surface area contributed by atoms with E-state index in [9.17, 15) is 0 Å². The van der Waals surface area contributed by atoms with Gasteiger partial charge in [-0.25, -0.2) is 0 Å². The number of benzene rings is 1. The van der Waals surface area contributed by atoms with Crippen molar-refractivity contribution < 1.29 is 0 Å². The van der Waals surface area contributed by atoms with Crippen molar-refractivity contribution in [3.8, 4) is 12.3 Å². The lowest BCUT2D eigenvalue weighted by molar-refractivity contribution is 0.827. The highest BCUT2D eigenvalue weighted by Crippen LogP contribution is 2.23. The summed E-state index contributed by atoms with van der Waals surface area (Å²) in [5.41, 5.74) is 2.37. The second-order valence-corrected chi connectivity index (χ2v) is 5.11. The topological polar surface area (TPSA) is 28.8 Å². The van der Waals surface area contributed by atoms with Gasteiger partial charge in [-0.3, -0.25) is 5.41 Å². The summed E-state index contributed by atoms with van der Waals surface area (Å²) < 4.78 is 3.01. The maximum Gasteiger partial charge on any atom is 0.183 e. The van der Waals surface area contributed by atoms with Crippen LogP contribution in [-0.2, 0) is 6.54 Å². The van der Waals surface area contributed by atoms with E-state index in [1.54, 1.807) is 0 Å². The van der Waals surface area contributed by atoms with Crippen LogP contribution in [0.15, 0.2) is 18.2 Å². The first-order valence-corrected chi connectivity index (χ1v) is 6.06. The highest BCUT2D eigenvalue weighted by molar-refractivity contribution is 8.93. The van der Waals surface area contributed by atoms with Crippen LogP contribution in [0.1, 0.15) is 25.3 Å². The second-order valence-electron chi connectivity index (χ2n) is 4.08. The number of thiazole rings is 1. The molecule has 0 bridgehead atoms. The zero-order chi connectivity index (χ0) is 11.7. The molecule has 0 aliphatic rings. The van der Waals surface area contributed by atoms with Crippen LogP contribution in [-0.4, -0.2) is 4.57 Å². The maximum atomic E-state index is 7.87. The van der Waals surface area contributed by atoms with E-state index in [0.717, 1.165) is 10.2 Å². The summed E-state index contributed by atoms with van der Waals surface area (Å²) >= 11 is 1.48. The smallest absolute Gasteiger partial charge is 0.183 e. The van der Waals surface area contributed by atoms with E-state index < -0.39 is 0 Å². The molecule has 0 spiro atoms. The highest BCUT2D eigenvalue weighted by Gasteiger charge is 2.06. The molecule has 0 unspecified atom stereocenters. The van der Waals surface area contributed by atoms with E-state index >= 15 is 0 Å². The van der Waals surface area contributed by atoms with Crippen molar-refractivity contribution >= 4 is 38.5 Å². The predicted octanol–water partition coefficient (Wildman–Crippen LogP) is 3.52. The number of hydrogen-bond donors (Lipinski definition) is 1. The zero-order valence-corrected chi connectivity index (χ0v) is 12.4. The fourth-order valence-corrected chi connectivity index (χ4v) is 2.67. The number of nitrogens with zero attached hydrogens (tertiary/aromatic N) is 1. The summed E-state index contributed by atoms with van der Waals surface area (Å²) in [6.07, 6.45) is 5.31. The minimum Gasteiger partial charge on any atom is -0.305 e. The Balaban J connectivity index is 0.00000144. The van der Waals surface area contributed by atoms with E-state index in [1.165, 1.54) is 16.9 Å². The van der Waals surface area contributed by atoms with Gasteiger partial charge in [-0.2, -0.15) is 0 Å². The van der Waals surface area contributed by atoms with Gasteiger partial charge < -0.3 is 4.57 Å². The van der Waals surface area contributed by atoms with Crippen LogP contribution >= 0.6 is 28.3 Å². The Hall–Kier alpha value is -1.05. The lowest BCUT2D eigenvalue weighted by atomic mass is 10.0. The van der Waals surface area contributed by atoms with Gasteiger partial charge >= 0.3 is 0 Å². The summed E-state index contributed by atoms with van der Waals surface area (Å²) in [7, 11) is 0. The standard InChI is InChI=1S/C13H14N2S.BrH/c1-4-7-15-11-6-5-10(9(2)3)8-12(11)16-13(15)14;/h1,5-6,8-9,14H,7H2,2-3H3;1H. The normalized spacial score (nSPS) is 10.2. The van der Waals surface area contributed by atoms with E-state index in [2.05, 4.69) is 38.0 Å². The Labute approximate surface area is 116 Å². The lowest BCUT2D eigenvalue weighted by Gasteiger charge is -2.05. The molecule has 0 amide bonds. The van der Waals surface area contributed by atoms with E-state index in [0.29, 0.717) is 17.3 Å². The Kier molecular flexibility index (Phi) is 4.55. The molecule has 0 saturated carbocycles. The first kappa shape index (κ1) is 14.0. The fraction of sp³-hybridized carbons (Fsp3) is 0.308. The van der Waals surface area contributed by atoms with Gasteiger partial charge in [-0.15, -0.1) is 23.4 Å². The summed E-state index contributed by atoms with van der Waals surface area (Å²) in [5.74, 6) is 3.11. The number of aromatic nitrogens is 1. The molecule has 0 aliphatic heterocycles. The molecule has 0 atom stereocenters. The molecule has 1 N–H and O–H groups in total. The van der Waals surface area contributed by atoms with Gasteiger partial charge in [0, 0.05) is 0 Å². The van der Waals surface area contributed by atoms with Crippen LogP contribution in [0, 0.1) is 17.8 Å². The molecule has 0 aliphatic carbocycles. The molecule has 1 heterocycles. The zero-order valence-electron chi connectivity index (χ0n) is 9.86. The second kappa shape index (κ2) is 5.52. The van der Waals surface area contributed by atoms with Crippen molar-refractivity contribution in [2.45, 2.75) is 26.3 Å². The SMILES string of the molecule is Br.C#CCn1c(=N)sc2cc(C(C)C)ccc21. The molecule has 0 radical (unpaired) electrons. The predicted molar refractivity (Wildman–Crippen MR) is 78.9 cm³/mol. The summed E-state index contributed by atoms with van der Waals surface area (Å²) in [5, 5.41) is 7.87. The van der Waals surface area contributed by atoms with Crippen LogP contribution < -0.4 is 4.80 Å². The molecule has 17 heavy (non-hydrogen) atoms. The molecule has 0 fully saturated rings. The largest absolute Gasteiger partial charge is 0.305 e. The average molecular weight is 311 g/mol. The molecule has 4 heteroatoms. The van der Waals surface area contributed by atoms with Crippen LogP contribution in [0.5, 0.6) is 0 Å². The number of rotatable bonds is 2. The van der Waals surface area contributed by atoms with Gasteiger partial charge in [0.2, 0.25) is 0 Å². The van der Waals surface area contributed by atoms with Crippen molar-refractivity contribution in [3.63, 3.8) is 0 Å². The van der Waals surface area contributed by atoms with Gasteiger partial charge in [0.1, 0.15) is 0 Å². The molecular weight excluding hydrogens is 296 g/mol. The molecule has 2 aromatic rings. The van der Waals surface area contributed by atoms with E-state index in [-0.39, 0.29) is 17.0 Å². The Bertz CT molecular complexity index is 616. The molecular formula is C13H15BrN2S. The van der Waals surface area contributed by atoms with Crippen LogP contribution in [0.4, 0.5) is 0 Å². The molecule has 0 saturated heterocycles. The fourth-order valence-electron chi connectivity index (χ4n) is 1.71. The monoisotopic (exact) mass is 310 g/mol. The maximum absolute atomic E-state index is 7.87. The third-order valence-corrected chi connectivity index (χ3v) is 3.60. The van der Waals surface area contributed by atoms with Crippen molar-refractivity contribution in [2.75, 3.05) is 0 Å². The van der Waals surface area contributed by atoms with E-state index in [4.69, 9.17) is 11.8 Å². The van der Waals surface area contributed by atoms with Crippen LogP contribution in [0.2, 0.25) is 0 Å². The quantitative estimate of drug-likeness (QED) is 0.822. The molecule has 1 aromatic carbocycles. The Morgan fingerprint density at radius 1 is 1.47 bits per heavy atom. The van der Waals surface area contributed by atoms with Crippen LogP contribution in [0.3, 0.4) is 0 Å². The third-order valence-electron chi connectivity index (χ3n) is 2.64. The van der Waals surface area contributed by atoms with Crippen molar-refractivity contribution in [3.05, 3.63) is 28.6 Å². The summed E-state index contributed by atoms with van der Waals surface area (Å²) in [6, 6.07) is 6.35. The third kappa shape index (κ3) is 2.62. The van der Waals surface area contributed by atoms with Gasteiger partial charge in [0.25, 0.3) is 0 Å². The molecule has 2 nitrogen and oxygen atoms in total. The number of fused-ring (bicyclic) bond motifs is 1. The molecule has 2 rings (SSSR count). The van der Waals surface area contributed by atoms with E-state index in [1.807, 2.05) is 4.57 Å². The number of hydrogen-bond acceptors (Lipinski definition) is 2. The lowest BCUT2D eigenvalue weighted by Crippen LogP contribution is -2.11.